The quantitative estimate of drug-likeness (QED) is 0.844. The van der Waals surface area contributed by atoms with E-state index in [1.165, 1.54) is 12.1 Å². The molecule has 6 nitrogen and oxygen atoms in total. The van der Waals surface area contributed by atoms with Crippen molar-refractivity contribution < 1.29 is 24.2 Å². The van der Waals surface area contributed by atoms with Gasteiger partial charge in [0.1, 0.15) is 12.4 Å². The van der Waals surface area contributed by atoms with Crippen LogP contribution in [-0.2, 0) is 16.1 Å². The molecule has 1 saturated heterocycles. The number of carbonyl (C=O) groups excluding carboxylic acids is 1. The molecule has 3 rings (SSSR count). The lowest BCUT2D eigenvalue weighted by atomic mass is 10.1. The molecular weight excluding hydrogens is 322 g/mol. The van der Waals surface area contributed by atoms with E-state index in [4.69, 9.17) is 9.47 Å². The summed E-state index contributed by atoms with van der Waals surface area (Å²) >= 11 is 0. The topological polar surface area (TPSA) is 84.9 Å². The third-order valence-electron chi connectivity index (χ3n) is 4.02. The largest absolute Gasteiger partial charge is 0.487 e. The van der Waals surface area contributed by atoms with Crippen molar-refractivity contribution in [2.24, 2.45) is 5.92 Å². The first-order valence-electron chi connectivity index (χ1n) is 8.06. The minimum Gasteiger partial charge on any atom is -0.487 e. The van der Waals surface area contributed by atoms with Gasteiger partial charge in [0, 0.05) is 6.61 Å². The molecule has 0 aromatic heterocycles. The summed E-state index contributed by atoms with van der Waals surface area (Å²) < 4.78 is 11.0. The summed E-state index contributed by atoms with van der Waals surface area (Å²) in [6, 6.07) is 14.0. The third kappa shape index (κ3) is 4.36. The number of carboxylic acid groups (broad SMARTS) is 1. The van der Waals surface area contributed by atoms with Crippen LogP contribution in [0.5, 0.6) is 5.75 Å². The van der Waals surface area contributed by atoms with Crippen LogP contribution in [0, 0.1) is 5.92 Å². The molecule has 0 aliphatic carbocycles. The number of aromatic carboxylic acids is 1. The number of carboxylic acids is 1. The summed E-state index contributed by atoms with van der Waals surface area (Å²) in [6.07, 6.45) is 0.657. The van der Waals surface area contributed by atoms with Gasteiger partial charge < -0.3 is 19.9 Å². The maximum atomic E-state index is 12.3. The highest BCUT2D eigenvalue weighted by Gasteiger charge is 2.24. The molecule has 1 amide bonds. The second-order valence-electron chi connectivity index (χ2n) is 5.84. The fourth-order valence-electron chi connectivity index (χ4n) is 2.60. The second kappa shape index (κ2) is 7.81. The number of carbonyl (C=O) groups is 2. The van der Waals surface area contributed by atoms with Crippen molar-refractivity contribution >= 4 is 17.6 Å². The Morgan fingerprint density at radius 3 is 2.68 bits per heavy atom. The van der Waals surface area contributed by atoms with Gasteiger partial charge in [-0.15, -0.1) is 0 Å². The Morgan fingerprint density at radius 1 is 1.20 bits per heavy atom. The van der Waals surface area contributed by atoms with Crippen molar-refractivity contribution in [2.75, 3.05) is 18.5 Å². The first-order chi connectivity index (χ1) is 12.1. The summed E-state index contributed by atoms with van der Waals surface area (Å²) in [5, 5.41) is 12.0. The number of benzene rings is 2. The molecule has 1 aliphatic rings. The molecule has 1 aliphatic heterocycles. The number of hydrogen-bond donors (Lipinski definition) is 2. The molecule has 25 heavy (non-hydrogen) atoms. The van der Waals surface area contributed by atoms with Gasteiger partial charge in [-0.05, 0) is 30.2 Å². The molecule has 0 bridgehead atoms. The van der Waals surface area contributed by atoms with Crippen LogP contribution in [0.4, 0.5) is 5.69 Å². The van der Waals surface area contributed by atoms with E-state index >= 15 is 0 Å². The van der Waals surface area contributed by atoms with Crippen molar-refractivity contribution in [2.45, 2.75) is 13.0 Å². The average Bonchev–Trinajstić information content (AvgIpc) is 3.16. The van der Waals surface area contributed by atoms with E-state index in [1.54, 1.807) is 6.07 Å². The van der Waals surface area contributed by atoms with Gasteiger partial charge in [-0.25, -0.2) is 4.79 Å². The summed E-state index contributed by atoms with van der Waals surface area (Å²) in [4.78, 5) is 23.5. The number of nitrogens with one attached hydrogen (secondary N) is 1. The predicted molar refractivity (Wildman–Crippen MR) is 91.7 cm³/mol. The van der Waals surface area contributed by atoms with Gasteiger partial charge in [0.25, 0.3) is 0 Å². The highest BCUT2D eigenvalue weighted by molar-refractivity contribution is 5.96. The monoisotopic (exact) mass is 341 g/mol. The Bertz CT molecular complexity index is 754. The molecular formula is C19H19NO5. The molecule has 2 N–H and O–H groups in total. The standard InChI is InChI=1S/C19H19NO5/c21-18(15-8-9-24-12-15)20-16-10-14(19(22)23)6-7-17(16)25-11-13-4-2-1-3-5-13/h1-7,10,15H,8-9,11-12H2,(H,20,21)(H,22,23). The van der Waals surface area contributed by atoms with Crippen LogP contribution >= 0.6 is 0 Å². The number of rotatable bonds is 6. The molecule has 2 aromatic rings. The van der Waals surface area contributed by atoms with Crippen LogP contribution in [0.15, 0.2) is 48.5 Å². The fraction of sp³-hybridized carbons (Fsp3) is 0.263. The Kier molecular flexibility index (Phi) is 5.30. The molecule has 6 heteroatoms. The maximum Gasteiger partial charge on any atom is 0.335 e. The average molecular weight is 341 g/mol. The lowest BCUT2D eigenvalue weighted by Crippen LogP contribution is -2.23. The summed E-state index contributed by atoms with van der Waals surface area (Å²) in [7, 11) is 0. The van der Waals surface area contributed by atoms with Crippen LogP contribution in [0.1, 0.15) is 22.3 Å². The van der Waals surface area contributed by atoms with E-state index in [1.807, 2.05) is 30.3 Å². The molecule has 2 aromatic carbocycles. The first kappa shape index (κ1) is 17.0. The van der Waals surface area contributed by atoms with Gasteiger partial charge in [-0.3, -0.25) is 4.79 Å². The van der Waals surface area contributed by atoms with E-state index in [9.17, 15) is 14.7 Å². The molecule has 1 fully saturated rings. The zero-order chi connectivity index (χ0) is 17.6. The van der Waals surface area contributed by atoms with E-state index in [2.05, 4.69) is 5.32 Å². The predicted octanol–water partition coefficient (Wildman–Crippen LogP) is 2.94. The third-order valence-corrected chi connectivity index (χ3v) is 4.02. The van der Waals surface area contributed by atoms with Crippen LogP contribution < -0.4 is 10.1 Å². The molecule has 1 atom stereocenters. The molecule has 0 saturated carbocycles. The molecule has 0 radical (unpaired) electrons. The minimum absolute atomic E-state index is 0.0880. The van der Waals surface area contributed by atoms with Crippen LogP contribution in [-0.4, -0.2) is 30.2 Å². The van der Waals surface area contributed by atoms with Gasteiger partial charge in [-0.1, -0.05) is 30.3 Å². The zero-order valence-corrected chi connectivity index (χ0v) is 13.6. The Balaban J connectivity index is 1.78. The SMILES string of the molecule is O=C(O)c1ccc(OCc2ccccc2)c(NC(=O)C2CCOC2)c1. The van der Waals surface area contributed by atoms with Gasteiger partial charge in [-0.2, -0.15) is 0 Å². The summed E-state index contributed by atoms with van der Waals surface area (Å²) in [6.45, 7) is 1.26. The molecule has 1 unspecified atom stereocenters. The lowest BCUT2D eigenvalue weighted by Gasteiger charge is -2.15. The van der Waals surface area contributed by atoms with Gasteiger partial charge >= 0.3 is 5.97 Å². The summed E-state index contributed by atoms with van der Waals surface area (Å²) in [5.74, 6) is -1.05. The van der Waals surface area contributed by atoms with Gasteiger partial charge in [0.2, 0.25) is 5.91 Å². The van der Waals surface area contributed by atoms with E-state index in [0.29, 0.717) is 37.7 Å². The van der Waals surface area contributed by atoms with Crippen molar-refractivity contribution in [3.05, 3.63) is 59.7 Å². The Morgan fingerprint density at radius 2 is 2.00 bits per heavy atom. The van der Waals surface area contributed by atoms with Crippen molar-refractivity contribution in [3.8, 4) is 5.75 Å². The van der Waals surface area contributed by atoms with Crippen LogP contribution in [0.2, 0.25) is 0 Å². The van der Waals surface area contributed by atoms with Crippen molar-refractivity contribution in [1.82, 2.24) is 0 Å². The molecule has 0 spiro atoms. The number of amides is 1. The minimum atomic E-state index is -1.06. The second-order valence-corrected chi connectivity index (χ2v) is 5.84. The van der Waals surface area contributed by atoms with E-state index in [-0.39, 0.29) is 17.4 Å². The van der Waals surface area contributed by atoms with Crippen LogP contribution in [0.3, 0.4) is 0 Å². The number of ether oxygens (including phenoxy) is 2. The van der Waals surface area contributed by atoms with Gasteiger partial charge in [0.15, 0.2) is 0 Å². The fourth-order valence-corrected chi connectivity index (χ4v) is 2.60. The van der Waals surface area contributed by atoms with Crippen molar-refractivity contribution in [1.29, 1.82) is 0 Å². The lowest BCUT2D eigenvalue weighted by molar-refractivity contribution is -0.119. The van der Waals surface area contributed by atoms with E-state index < -0.39 is 5.97 Å². The highest BCUT2D eigenvalue weighted by Crippen LogP contribution is 2.28. The Labute approximate surface area is 145 Å². The highest BCUT2D eigenvalue weighted by atomic mass is 16.5. The Hall–Kier alpha value is -2.86. The van der Waals surface area contributed by atoms with Crippen LogP contribution in [0.25, 0.3) is 0 Å². The van der Waals surface area contributed by atoms with E-state index in [0.717, 1.165) is 5.56 Å². The molecule has 1 heterocycles. The van der Waals surface area contributed by atoms with Gasteiger partial charge in [0.05, 0.1) is 23.8 Å². The molecule has 130 valence electrons. The number of anilines is 1. The first-order valence-corrected chi connectivity index (χ1v) is 8.06. The summed E-state index contributed by atoms with van der Waals surface area (Å²) in [5.41, 5.74) is 1.42. The maximum absolute atomic E-state index is 12.3. The number of hydrogen-bond acceptors (Lipinski definition) is 4. The van der Waals surface area contributed by atoms with Crippen molar-refractivity contribution in [3.63, 3.8) is 0 Å². The zero-order valence-electron chi connectivity index (χ0n) is 13.6. The normalized spacial score (nSPS) is 16.4. The smallest absolute Gasteiger partial charge is 0.335 e.